The van der Waals surface area contributed by atoms with Crippen molar-refractivity contribution in [3.8, 4) is 11.6 Å². The van der Waals surface area contributed by atoms with Gasteiger partial charge in [0, 0.05) is 12.6 Å². The van der Waals surface area contributed by atoms with E-state index >= 15 is 0 Å². The van der Waals surface area contributed by atoms with E-state index in [1.165, 1.54) is 22.7 Å². The highest BCUT2D eigenvalue weighted by Gasteiger charge is 2.23. The van der Waals surface area contributed by atoms with E-state index in [2.05, 4.69) is 10.4 Å². The highest BCUT2D eigenvalue weighted by molar-refractivity contribution is 6.02. The van der Waals surface area contributed by atoms with Crippen LogP contribution in [-0.4, -0.2) is 29.2 Å². The SMILES string of the molecule is COc1cccc(C(CN)NC(=O)c2c(C)nn3c(OCc4c(F)cccc4F)cc(C)cc23)c1. The lowest BCUT2D eigenvalue weighted by Crippen LogP contribution is -2.33. The van der Waals surface area contributed by atoms with Gasteiger partial charge in [-0.25, -0.2) is 8.78 Å². The van der Waals surface area contributed by atoms with E-state index in [1.54, 1.807) is 26.2 Å². The Labute approximate surface area is 201 Å². The van der Waals surface area contributed by atoms with Gasteiger partial charge in [-0.1, -0.05) is 18.2 Å². The van der Waals surface area contributed by atoms with E-state index in [0.29, 0.717) is 22.5 Å². The smallest absolute Gasteiger partial charge is 0.255 e. The molecule has 2 aromatic heterocycles. The lowest BCUT2D eigenvalue weighted by molar-refractivity contribution is 0.0939. The van der Waals surface area contributed by atoms with Gasteiger partial charge in [-0.2, -0.15) is 9.61 Å². The molecule has 182 valence electrons. The van der Waals surface area contributed by atoms with Gasteiger partial charge < -0.3 is 20.5 Å². The Morgan fingerprint density at radius 3 is 2.51 bits per heavy atom. The number of carbonyl (C=O) groups excluding carboxylic acids is 1. The molecule has 1 unspecified atom stereocenters. The van der Waals surface area contributed by atoms with Crippen LogP contribution in [0, 0.1) is 25.5 Å². The summed E-state index contributed by atoms with van der Waals surface area (Å²) >= 11 is 0. The minimum absolute atomic E-state index is 0.179. The van der Waals surface area contributed by atoms with E-state index in [9.17, 15) is 13.6 Å². The van der Waals surface area contributed by atoms with Gasteiger partial charge >= 0.3 is 0 Å². The Morgan fingerprint density at radius 1 is 1.11 bits per heavy atom. The lowest BCUT2D eigenvalue weighted by atomic mass is 10.1. The fourth-order valence-corrected chi connectivity index (χ4v) is 3.93. The standard InChI is InChI=1S/C26H26F2N4O3/c1-15-10-23-25(26(33)30-22(13-29)17-6-4-7-18(12-17)34-3)16(2)31-32(23)24(11-15)35-14-19-20(27)8-5-9-21(19)28/h4-12,22H,13-14,29H2,1-3H3,(H,30,33). The first-order valence-corrected chi connectivity index (χ1v) is 11.0. The predicted molar refractivity (Wildman–Crippen MR) is 128 cm³/mol. The number of nitrogens with zero attached hydrogens (tertiary/aromatic N) is 2. The zero-order valence-corrected chi connectivity index (χ0v) is 19.6. The quantitative estimate of drug-likeness (QED) is 0.394. The highest BCUT2D eigenvalue weighted by Crippen LogP contribution is 2.26. The molecule has 0 bridgehead atoms. The number of hydrogen-bond donors (Lipinski definition) is 2. The maximum absolute atomic E-state index is 14.0. The number of hydrogen-bond acceptors (Lipinski definition) is 5. The van der Waals surface area contributed by atoms with Gasteiger partial charge in [0.25, 0.3) is 5.91 Å². The predicted octanol–water partition coefficient (Wildman–Crippen LogP) is 4.25. The molecule has 0 saturated heterocycles. The third-order valence-electron chi connectivity index (χ3n) is 5.71. The van der Waals surface area contributed by atoms with Gasteiger partial charge in [0.2, 0.25) is 5.88 Å². The second-order valence-corrected chi connectivity index (χ2v) is 8.16. The molecule has 2 heterocycles. The minimum atomic E-state index is -0.698. The normalized spacial score (nSPS) is 11.9. The van der Waals surface area contributed by atoms with E-state index in [0.717, 1.165) is 11.1 Å². The van der Waals surface area contributed by atoms with E-state index in [-0.39, 0.29) is 30.5 Å². The summed E-state index contributed by atoms with van der Waals surface area (Å²) in [5, 5.41) is 7.43. The van der Waals surface area contributed by atoms with Crippen LogP contribution in [0.4, 0.5) is 8.78 Å². The molecular formula is C26H26F2N4O3. The van der Waals surface area contributed by atoms with Crippen LogP contribution < -0.4 is 20.5 Å². The van der Waals surface area contributed by atoms with Crippen LogP contribution in [0.15, 0.2) is 54.6 Å². The molecule has 0 fully saturated rings. The maximum Gasteiger partial charge on any atom is 0.255 e. The molecule has 1 amide bonds. The van der Waals surface area contributed by atoms with Crippen LogP contribution >= 0.6 is 0 Å². The molecule has 4 rings (SSSR count). The molecule has 7 nitrogen and oxygen atoms in total. The summed E-state index contributed by atoms with van der Waals surface area (Å²) in [7, 11) is 1.57. The fourth-order valence-electron chi connectivity index (χ4n) is 3.93. The van der Waals surface area contributed by atoms with Crippen LogP contribution in [0.25, 0.3) is 5.52 Å². The third kappa shape index (κ3) is 4.95. The van der Waals surface area contributed by atoms with Crippen molar-refractivity contribution in [2.45, 2.75) is 26.5 Å². The van der Waals surface area contributed by atoms with Crippen molar-refractivity contribution in [2.24, 2.45) is 5.73 Å². The third-order valence-corrected chi connectivity index (χ3v) is 5.71. The van der Waals surface area contributed by atoms with Gasteiger partial charge in [-0.05, 0) is 55.3 Å². The number of aryl methyl sites for hydroxylation is 2. The number of halogens is 2. The average Bonchev–Trinajstić information content (AvgIpc) is 3.17. The summed E-state index contributed by atoms with van der Waals surface area (Å²) in [6.45, 7) is 3.39. The van der Waals surface area contributed by atoms with Crippen molar-refractivity contribution in [3.05, 3.63) is 94.2 Å². The van der Waals surface area contributed by atoms with Crippen molar-refractivity contribution >= 4 is 11.4 Å². The zero-order valence-electron chi connectivity index (χ0n) is 19.6. The molecular weight excluding hydrogens is 454 g/mol. The highest BCUT2D eigenvalue weighted by atomic mass is 19.1. The number of carbonyl (C=O) groups is 1. The second-order valence-electron chi connectivity index (χ2n) is 8.16. The van der Waals surface area contributed by atoms with Crippen molar-refractivity contribution in [1.82, 2.24) is 14.9 Å². The van der Waals surface area contributed by atoms with Crippen molar-refractivity contribution in [1.29, 1.82) is 0 Å². The van der Waals surface area contributed by atoms with Crippen LogP contribution in [0.1, 0.15) is 38.8 Å². The number of ether oxygens (including phenoxy) is 2. The summed E-state index contributed by atoms with van der Waals surface area (Å²) < 4.78 is 40.6. The average molecular weight is 481 g/mol. The fraction of sp³-hybridized carbons (Fsp3) is 0.231. The first-order chi connectivity index (χ1) is 16.8. The number of fused-ring (bicyclic) bond motifs is 1. The Bertz CT molecular complexity index is 1370. The van der Waals surface area contributed by atoms with Crippen LogP contribution in [0.5, 0.6) is 11.6 Å². The minimum Gasteiger partial charge on any atom is -0.497 e. The number of amides is 1. The van der Waals surface area contributed by atoms with Crippen molar-refractivity contribution in [2.75, 3.05) is 13.7 Å². The Hall–Kier alpha value is -3.98. The van der Waals surface area contributed by atoms with E-state index in [4.69, 9.17) is 15.2 Å². The lowest BCUT2D eigenvalue weighted by Gasteiger charge is -2.18. The van der Waals surface area contributed by atoms with Gasteiger partial charge in [0.05, 0.1) is 35.5 Å². The summed E-state index contributed by atoms with van der Waals surface area (Å²) in [6.07, 6.45) is 0. The first kappa shape index (κ1) is 24.2. The maximum atomic E-state index is 14.0. The van der Waals surface area contributed by atoms with E-state index in [1.807, 2.05) is 31.2 Å². The Kier molecular flexibility index (Phi) is 6.97. The zero-order chi connectivity index (χ0) is 25.1. The van der Waals surface area contributed by atoms with E-state index < -0.39 is 17.7 Å². The van der Waals surface area contributed by atoms with Gasteiger partial charge in [0.1, 0.15) is 24.0 Å². The molecule has 0 aliphatic carbocycles. The largest absolute Gasteiger partial charge is 0.497 e. The summed E-state index contributed by atoms with van der Waals surface area (Å²) in [5.74, 6) is -0.835. The number of rotatable bonds is 8. The number of benzene rings is 2. The Morgan fingerprint density at radius 2 is 1.83 bits per heavy atom. The molecule has 2 aromatic carbocycles. The summed E-state index contributed by atoms with van der Waals surface area (Å²) in [6, 6.07) is 14.0. The van der Waals surface area contributed by atoms with Crippen LogP contribution in [0.3, 0.4) is 0 Å². The Balaban J connectivity index is 1.65. The van der Waals surface area contributed by atoms with Crippen LogP contribution in [-0.2, 0) is 6.61 Å². The molecule has 0 aliphatic heterocycles. The monoisotopic (exact) mass is 480 g/mol. The van der Waals surface area contributed by atoms with Gasteiger partial charge in [0.15, 0.2) is 0 Å². The molecule has 1 atom stereocenters. The molecule has 4 aromatic rings. The summed E-state index contributed by atoms with van der Waals surface area (Å²) in [5.41, 5.74) is 8.70. The molecule has 3 N–H and O–H groups in total. The molecule has 0 spiro atoms. The molecule has 0 saturated carbocycles. The molecule has 9 heteroatoms. The number of aromatic nitrogens is 2. The molecule has 35 heavy (non-hydrogen) atoms. The number of methoxy groups -OCH3 is 1. The van der Waals surface area contributed by atoms with Gasteiger partial charge in [-0.15, -0.1) is 0 Å². The summed E-state index contributed by atoms with van der Waals surface area (Å²) in [4.78, 5) is 13.3. The van der Waals surface area contributed by atoms with Crippen molar-refractivity contribution < 1.29 is 23.0 Å². The van der Waals surface area contributed by atoms with Crippen LogP contribution in [0.2, 0.25) is 0 Å². The molecule has 0 radical (unpaired) electrons. The molecule has 0 aliphatic rings. The topological polar surface area (TPSA) is 90.9 Å². The number of nitrogens with one attached hydrogen (secondary N) is 1. The van der Waals surface area contributed by atoms with Gasteiger partial charge in [-0.3, -0.25) is 4.79 Å². The number of nitrogens with two attached hydrogens (primary N) is 1. The first-order valence-electron chi connectivity index (χ1n) is 11.0. The second kappa shape index (κ2) is 10.1. The number of pyridine rings is 1. The van der Waals surface area contributed by atoms with Crippen molar-refractivity contribution in [3.63, 3.8) is 0 Å².